The number of nitrogen functional groups attached to an aromatic ring is 1. The number of pyridine rings is 1. The Morgan fingerprint density at radius 2 is 1.95 bits per heavy atom. The van der Waals surface area contributed by atoms with E-state index < -0.39 is 10.0 Å². The summed E-state index contributed by atoms with van der Waals surface area (Å²) >= 11 is 5.88. The predicted octanol–water partition coefficient (Wildman–Crippen LogP) is 1.53. The molecule has 2 N–H and O–H groups in total. The average molecular weight is 335 g/mol. The van der Waals surface area contributed by atoms with Crippen molar-refractivity contribution in [1.82, 2.24) is 14.2 Å². The predicted molar refractivity (Wildman–Crippen MR) is 85.8 cm³/mol. The van der Waals surface area contributed by atoms with Gasteiger partial charge in [0.1, 0.15) is 10.7 Å². The van der Waals surface area contributed by atoms with Gasteiger partial charge in [-0.05, 0) is 26.1 Å². The summed E-state index contributed by atoms with van der Waals surface area (Å²) < 4.78 is 26.9. The van der Waals surface area contributed by atoms with Crippen LogP contribution in [0.25, 0.3) is 0 Å². The second-order valence-electron chi connectivity index (χ2n) is 5.60. The van der Waals surface area contributed by atoms with Crippen LogP contribution in [0.15, 0.2) is 17.2 Å². The number of anilines is 1. The number of nitrogens with two attached hydrogens (primary N) is 1. The molecule has 1 aromatic rings. The molecule has 21 heavy (non-hydrogen) atoms. The second-order valence-corrected chi connectivity index (χ2v) is 7.94. The van der Waals surface area contributed by atoms with Crippen molar-refractivity contribution in [2.24, 2.45) is 5.92 Å². The van der Waals surface area contributed by atoms with Crippen LogP contribution in [0.4, 0.5) is 5.82 Å². The topological polar surface area (TPSA) is 79.5 Å². The first-order valence-corrected chi connectivity index (χ1v) is 8.52. The van der Waals surface area contributed by atoms with Crippen molar-refractivity contribution in [3.63, 3.8) is 0 Å². The Kier molecular flexibility index (Phi) is 6.40. The van der Waals surface area contributed by atoms with Crippen molar-refractivity contribution in [2.45, 2.75) is 18.7 Å². The highest BCUT2D eigenvalue weighted by Gasteiger charge is 2.26. The third kappa shape index (κ3) is 5.10. The monoisotopic (exact) mass is 334 g/mol. The van der Waals surface area contributed by atoms with Crippen LogP contribution >= 0.6 is 11.6 Å². The van der Waals surface area contributed by atoms with E-state index in [0.717, 1.165) is 0 Å². The highest BCUT2D eigenvalue weighted by molar-refractivity contribution is 7.89. The molecule has 0 aromatic carbocycles. The third-order valence-electron chi connectivity index (χ3n) is 2.85. The van der Waals surface area contributed by atoms with Crippen LogP contribution in [-0.4, -0.2) is 56.3 Å². The fraction of sp³-hybridized carbons (Fsp3) is 0.615. The lowest BCUT2D eigenvalue weighted by Gasteiger charge is -2.25. The highest BCUT2D eigenvalue weighted by atomic mass is 35.5. The van der Waals surface area contributed by atoms with Crippen LogP contribution in [-0.2, 0) is 10.0 Å². The van der Waals surface area contributed by atoms with Gasteiger partial charge in [0, 0.05) is 25.8 Å². The standard InChI is InChI=1S/C13H23ClN4O2S/c1-10(2)9-18(6-5-17(3)4)21(19,20)11-7-12(14)13(15)16-8-11/h7-8,10H,5-6,9H2,1-4H3,(H2,15,16). The lowest BCUT2D eigenvalue weighted by atomic mass is 10.2. The Bertz CT molecular complexity index is 576. The summed E-state index contributed by atoms with van der Waals surface area (Å²) in [6, 6.07) is 1.35. The summed E-state index contributed by atoms with van der Waals surface area (Å²) in [5, 5.41) is 0.146. The van der Waals surface area contributed by atoms with Crippen LogP contribution in [0, 0.1) is 5.92 Å². The number of halogens is 1. The summed E-state index contributed by atoms with van der Waals surface area (Å²) in [4.78, 5) is 5.84. The molecule has 120 valence electrons. The zero-order chi connectivity index (χ0) is 16.2. The summed E-state index contributed by atoms with van der Waals surface area (Å²) in [6.45, 7) is 5.45. The van der Waals surface area contributed by atoms with Crippen molar-refractivity contribution in [1.29, 1.82) is 0 Å². The highest BCUT2D eigenvalue weighted by Crippen LogP contribution is 2.23. The molecule has 0 atom stereocenters. The van der Waals surface area contributed by atoms with Gasteiger partial charge in [0.05, 0.1) is 5.02 Å². The first-order chi connectivity index (χ1) is 9.64. The molecule has 1 rings (SSSR count). The smallest absolute Gasteiger partial charge is 0.244 e. The molecule has 0 aliphatic rings. The van der Waals surface area contributed by atoms with Gasteiger partial charge in [-0.25, -0.2) is 13.4 Å². The van der Waals surface area contributed by atoms with Gasteiger partial charge < -0.3 is 10.6 Å². The quantitative estimate of drug-likeness (QED) is 0.818. The minimum Gasteiger partial charge on any atom is -0.382 e. The molecule has 0 aliphatic heterocycles. The van der Waals surface area contributed by atoms with E-state index in [0.29, 0.717) is 19.6 Å². The molecule has 0 amide bonds. The normalized spacial score (nSPS) is 12.6. The molecule has 8 heteroatoms. The van der Waals surface area contributed by atoms with Gasteiger partial charge in [-0.1, -0.05) is 25.4 Å². The molecule has 1 aromatic heterocycles. The first kappa shape index (κ1) is 18.2. The van der Waals surface area contributed by atoms with E-state index in [4.69, 9.17) is 17.3 Å². The fourth-order valence-corrected chi connectivity index (χ4v) is 3.55. The Balaban J connectivity index is 3.09. The molecular weight excluding hydrogens is 312 g/mol. The van der Waals surface area contributed by atoms with E-state index in [1.54, 1.807) is 0 Å². The number of nitrogens with zero attached hydrogens (tertiary/aromatic N) is 3. The molecule has 6 nitrogen and oxygen atoms in total. The number of rotatable bonds is 7. The maximum atomic E-state index is 12.7. The number of hydrogen-bond acceptors (Lipinski definition) is 5. The minimum absolute atomic E-state index is 0.0705. The molecule has 0 unspecified atom stereocenters. The van der Waals surface area contributed by atoms with Gasteiger partial charge in [0.25, 0.3) is 0 Å². The molecule has 1 heterocycles. The molecule has 0 aliphatic carbocycles. The molecule has 0 spiro atoms. The fourth-order valence-electron chi connectivity index (χ4n) is 1.75. The molecule has 0 bridgehead atoms. The van der Waals surface area contributed by atoms with E-state index >= 15 is 0 Å². The molecule has 0 fully saturated rings. The van der Waals surface area contributed by atoms with E-state index in [1.165, 1.54) is 16.6 Å². The van der Waals surface area contributed by atoms with Crippen LogP contribution in [0.3, 0.4) is 0 Å². The summed E-state index contributed by atoms with van der Waals surface area (Å²) in [5.41, 5.74) is 5.53. The average Bonchev–Trinajstić information content (AvgIpc) is 2.36. The van der Waals surface area contributed by atoms with E-state index in [2.05, 4.69) is 4.98 Å². The van der Waals surface area contributed by atoms with E-state index in [1.807, 2.05) is 32.8 Å². The summed E-state index contributed by atoms with van der Waals surface area (Å²) in [6.07, 6.45) is 1.25. The lowest BCUT2D eigenvalue weighted by Crippen LogP contribution is -2.39. The van der Waals surface area contributed by atoms with E-state index in [9.17, 15) is 8.42 Å². The van der Waals surface area contributed by atoms with Crippen molar-refractivity contribution >= 4 is 27.4 Å². The first-order valence-electron chi connectivity index (χ1n) is 6.70. The number of aromatic nitrogens is 1. The van der Waals surface area contributed by atoms with Gasteiger partial charge in [0.2, 0.25) is 10.0 Å². The number of sulfonamides is 1. The second kappa shape index (κ2) is 7.40. The molecule has 0 saturated heterocycles. The number of hydrogen-bond donors (Lipinski definition) is 1. The van der Waals surface area contributed by atoms with Crippen molar-refractivity contribution in [2.75, 3.05) is 39.5 Å². The van der Waals surface area contributed by atoms with Gasteiger partial charge in [0.15, 0.2) is 0 Å². The Hall–Kier alpha value is -0.890. The van der Waals surface area contributed by atoms with Crippen LogP contribution in [0.2, 0.25) is 5.02 Å². The summed E-state index contributed by atoms with van der Waals surface area (Å²) in [7, 11) is 0.182. The molecule has 0 radical (unpaired) electrons. The Labute approximate surface area is 131 Å². The van der Waals surface area contributed by atoms with Gasteiger partial charge in [-0.2, -0.15) is 4.31 Å². The number of likely N-dealkylation sites (N-methyl/N-ethyl adjacent to an activating group) is 1. The largest absolute Gasteiger partial charge is 0.382 e. The summed E-state index contributed by atoms with van der Waals surface area (Å²) in [5.74, 6) is 0.346. The van der Waals surface area contributed by atoms with Gasteiger partial charge >= 0.3 is 0 Å². The van der Waals surface area contributed by atoms with Crippen LogP contribution in [0.1, 0.15) is 13.8 Å². The SMILES string of the molecule is CC(C)CN(CCN(C)C)S(=O)(=O)c1cnc(N)c(Cl)c1. The van der Waals surface area contributed by atoms with Gasteiger partial charge in [-0.15, -0.1) is 0 Å². The third-order valence-corrected chi connectivity index (χ3v) is 4.98. The van der Waals surface area contributed by atoms with E-state index in [-0.39, 0.29) is 21.7 Å². The Morgan fingerprint density at radius 1 is 1.33 bits per heavy atom. The molecule has 0 saturated carbocycles. The van der Waals surface area contributed by atoms with Crippen molar-refractivity contribution < 1.29 is 8.42 Å². The zero-order valence-electron chi connectivity index (χ0n) is 12.9. The van der Waals surface area contributed by atoms with Crippen LogP contribution in [0.5, 0.6) is 0 Å². The maximum Gasteiger partial charge on any atom is 0.244 e. The molecular formula is C13H23ClN4O2S. The van der Waals surface area contributed by atoms with Crippen molar-refractivity contribution in [3.8, 4) is 0 Å². The minimum atomic E-state index is -3.63. The van der Waals surface area contributed by atoms with Crippen LogP contribution < -0.4 is 5.73 Å². The zero-order valence-corrected chi connectivity index (χ0v) is 14.4. The van der Waals surface area contributed by atoms with Crippen molar-refractivity contribution in [3.05, 3.63) is 17.3 Å². The maximum absolute atomic E-state index is 12.7. The lowest BCUT2D eigenvalue weighted by molar-refractivity contribution is 0.312. The Morgan fingerprint density at radius 3 is 2.43 bits per heavy atom. The van der Waals surface area contributed by atoms with Gasteiger partial charge in [-0.3, -0.25) is 0 Å².